The zero-order valence-electron chi connectivity index (χ0n) is 16.6. The predicted molar refractivity (Wildman–Crippen MR) is 111 cm³/mol. The lowest BCUT2D eigenvalue weighted by Crippen LogP contribution is -2.15. The molecule has 1 heterocycles. The van der Waals surface area contributed by atoms with Crippen molar-refractivity contribution in [3.05, 3.63) is 64.9 Å². The van der Waals surface area contributed by atoms with Gasteiger partial charge in [-0.2, -0.15) is 0 Å². The number of fused-ring (bicyclic) bond motifs is 1. The number of unbranched alkanes of at least 4 members (excludes halogenated alkanes) is 1. The van der Waals surface area contributed by atoms with E-state index in [0.717, 1.165) is 53.8 Å². The molecular weight excluding hydrogens is 336 g/mol. The maximum absolute atomic E-state index is 13.1. The number of nitrogens with one attached hydrogen (secondary N) is 1. The number of carbonyl (C=O) groups is 1. The van der Waals surface area contributed by atoms with Crippen molar-refractivity contribution in [2.75, 3.05) is 19.4 Å². The second-order valence-electron chi connectivity index (χ2n) is 7.40. The Balaban J connectivity index is 1.93. The Hall–Kier alpha value is -2.59. The lowest BCUT2D eigenvalue weighted by Gasteiger charge is -2.13. The van der Waals surface area contributed by atoms with Crippen LogP contribution in [0, 0.1) is 6.92 Å². The monoisotopic (exact) mass is 364 g/mol. The topological polar surface area (TPSA) is 45.5 Å². The summed E-state index contributed by atoms with van der Waals surface area (Å²) in [6, 6.07) is 13.9. The summed E-state index contributed by atoms with van der Waals surface area (Å²) in [5, 5.41) is 3.97. The molecule has 0 aliphatic rings. The van der Waals surface area contributed by atoms with Gasteiger partial charge in [-0.3, -0.25) is 4.79 Å². The molecule has 3 aromatic rings. The standard InChI is InChI=1S/C23H28N2O2/c1-5-6-10-21-22(19-9-7-8-11-20(19)27-21)23(26)24-18-13-16(2)12-17(14-18)15-25(3)4/h7-9,11-14H,5-6,10,15H2,1-4H3,(H,24,26). The number of furan rings is 1. The molecule has 0 atom stereocenters. The molecule has 142 valence electrons. The quantitative estimate of drug-likeness (QED) is 0.611. The Kier molecular flexibility index (Phi) is 5.97. The Bertz CT molecular complexity index is 941. The second-order valence-corrected chi connectivity index (χ2v) is 7.40. The summed E-state index contributed by atoms with van der Waals surface area (Å²) in [6.07, 6.45) is 2.83. The van der Waals surface area contributed by atoms with Crippen LogP contribution in [0.25, 0.3) is 11.0 Å². The van der Waals surface area contributed by atoms with Crippen LogP contribution in [0.15, 0.2) is 46.9 Å². The molecule has 0 radical (unpaired) electrons. The summed E-state index contributed by atoms with van der Waals surface area (Å²) in [5.74, 6) is 0.671. The zero-order chi connectivity index (χ0) is 19.4. The van der Waals surface area contributed by atoms with E-state index >= 15 is 0 Å². The van der Waals surface area contributed by atoms with Gasteiger partial charge in [0.15, 0.2) is 0 Å². The molecule has 4 heteroatoms. The van der Waals surface area contributed by atoms with Gasteiger partial charge in [0.1, 0.15) is 11.3 Å². The van der Waals surface area contributed by atoms with Crippen molar-refractivity contribution in [2.45, 2.75) is 39.7 Å². The third-order valence-electron chi connectivity index (χ3n) is 4.55. The van der Waals surface area contributed by atoms with Crippen LogP contribution in [-0.4, -0.2) is 24.9 Å². The van der Waals surface area contributed by atoms with Crippen LogP contribution in [0.5, 0.6) is 0 Å². The van der Waals surface area contributed by atoms with Gasteiger partial charge in [0.25, 0.3) is 5.91 Å². The van der Waals surface area contributed by atoms with Gasteiger partial charge in [0.2, 0.25) is 0 Å². The molecule has 0 spiro atoms. The summed E-state index contributed by atoms with van der Waals surface area (Å²) >= 11 is 0. The van der Waals surface area contributed by atoms with Gasteiger partial charge in [-0.05, 0) is 56.8 Å². The number of rotatable bonds is 7. The molecule has 0 bridgehead atoms. The first-order valence-electron chi connectivity index (χ1n) is 9.55. The minimum atomic E-state index is -0.104. The molecule has 27 heavy (non-hydrogen) atoms. The summed E-state index contributed by atoms with van der Waals surface area (Å²) in [7, 11) is 4.08. The van der Waals surface area contributed by atoms with Crippen molar-refractivity contribution in [1.82, 2.24) is 4.90 Å². The van der Waals surface area contributed by atoms with Crippen molar-refractivity contribution in [1.29, 1.82) is 0 Å². The second kappa shape index (κ2) is 8.40. The van der Waals surface area contributed by atoms with E-state index in [1.54, 1.807) is 0 Å². The molecule has 1 amide bonds. The lowest BCUT2D eigenvalue weighted by atomic mass is 10.1. The number of nitrogens with zero attached hydrogens (tertiary/aromatic N) is 1. The molecule has 0 fully saturated rings. The average Bonchev–Trinajstić information content (AvgIpc) is 2.97. The highest BCUT2D eigenvalue weighted by Crippen LogP contribution is 2.28. The van der Waals surface area contributed by atoms with E-state index in [4.69, 9.17) is 4.42 Å². The van der Waals surface area contributed by atoms with E-state index in [1.807, 2.05) is 50.5 Å². The molecule has 0 aliphatic carbocycles. The van der Waals surface area contributed by atoms with Crippen molar-refractivity contribution >= 4 is 22.6 Å². The molecule has 0 saturated carbocycles. The van der Waals surface area contributed by atoms with Crippen LogP contribution in [0.4, 0.5) is 5.69 Å². The molecule has 2 aromatic carbocycles. The van der Waals surface area contributed by atoms with Crippen LogP contribution in [0.3, 0.4) is 0 Å². The number of hydrogen-bond donors (Lipinski definition) is 1. The first-order valence-corrected chi connectivity index (χ1v) is 9.55. The Morgan fingerprint density at radius 2 is 1.93 bits per heavy atom. The number of carbonyl (C=O) groups excluding carboxylic acids is 1. The van der Waals surface area contributed by atoms with Crippen LogP contribution < -0.4 is 5.32 Å². The molecule has 0 unspecified atom stereocenters. The van der Waals surface area contributed by atoms with E-state index in [0.29, 0.717) is 5.56 Å². The largest absolute Gasteiger partial charge is 0.460 e. The third kappa shape index (κ3) is 4.58. The highest BCUT2D eigenvalue weighted by atomic mass is 16.3. The number of para-hydroxylation sites is 1. The minimum Gasteiger partial charge on any atom is -0.460 e. The molecule has 0 aliphatic heterocycles. The normalized spacial score (nSPS) is 11.3. The molecule has 0 saturated heterocycles. The van der Waals surface area contributed by atoms with E-state index < -0.39 is 0 Å². The van der Waals surface area contributed by atoms with Crippen LogP contribution >= 0.6 is 0 Å². The van der Waals surface area contributed by atoms with Crippen LogP contribution in [-0.2, 0) is 13.0 Å². The van der Waals surface area contributed by atoms with E-state index in [-0.39, 0.29) is 5.91 Å². The Morgan fingerprint density at radius 1 is 1.15 bits per heavy atom. The fourth-order valence-corrected chi connectivity index (χ4v) is 3.44. The van der Waals surface area contributed by atoms with Crippen molar-refractivity contribution in [3.8, 4) is 0 Å². The molecule has 4 nitrogen and oxygen atoms in total. The van der Waals surface area contributed by atoms with E-state index in [1.165, 1.54) is 5.56 Å². The average molecular weight is 364 g/mol. The smallest absolute Gasteiger partial charge is 0.259 e. The fraction of sp³-hybridized carbons (Fsp3) is 0.348. The molecule has 1 aromatic heterocycles. The Labute approximate surface area is 161 Å². The third-order valence-corrected chi connectivity index (χ3v) is 4.55. The Morgan fingerprint density at radius 3 is 2.67 bits per heavy atom. The van der Waals surface area contributed by atoms with Gasteiger partial charge in [0, 0.05) is 24.0 Å². The lowest BCUT2D eigenvalue weighted by molar-refractivity contribution is 0.102. The zero-order valence-corrected chi connectivity index (χ0v) is 16.6. The first-order chi connectivity index (χ1) is 13.0. The number of benzene rings is 2. The van der Waals surface area contributed by atoms with Crippen LogP contribution in [0.2, 0.25) is 0 Å². The number of hydrogen-bond acceptors (Lipinski definition) is 3. The maximum Gasteiger partial charge on any atom is 0.259 e. The fourth-order valence-electron chi connectivity index (χ4n) is 3.44. The summed E-state index contributed by atoms with van der Waals surface area (Å²) < 4.78 is 5.99. The van der Waals surface area contributed by atoms with Gasteiger partial charge >= 0.3 is 0 Å². The van der Waals surface area contributed by atoms with Crippen LogP contribution in [0.1, 0.15) is 47.0 Å². The van der Waals surface area contributed by atoms with Crippen molar-refractivity contribution < 1.29 is 9.21 Å². The molecule has 1 N–H and O–H groups in total. The van der Waals surface area contributed by atoms with Crippen molar-refractivity contribution in [2.24, 2.45) is 0 Å². The SMILES string of the molecule is CCCCc1oc2ccccc2c1C(=O)Nc1cc(C)cc(CN(C)C)c1. The number of amides is 1. The molecule has 3 rings (SSSR count). The summed E-state index contributed by atoms with van der Waals surface area (Å²) in [5.41, 5.74) is 4.57. The van der Waals surface area contributed by atoms with Gasteiger partial charge < -0.3 is 14.6 Å². The first kappa shape index (κ1) is 19.2. The van der Waals surface area contributed by atoms with E-state index in [9.17, 15) is 4.79 Å². The van der Waals surface area contributed by atoms with Gasteiger partial charge in [0.05, 0.1) is 5.56 Å². The highest BCUT2D eigenvalue weighted by molar-refractivity contribution is 6.13. The number of aryl methyl sites for hydroxylation is 2. The molecular formula is C23H28N2O2. The summed E-state index contributed by atoms with van der Waals surface area (Å²) in [6.45, 7) is 5.02. The number of anilines is 1. The highest BCUT2D eigenvalue weighted by Gasteiger charge is 2.20. The predicted octanol–water partition coefficient (Wildman–Crippen LogP) is 5.40. The van der Waals surface area contributed by atoms with Gasteiger partial charge in [-0.25, -0.2) is 0 Å². The maximum atomic E-state index is 13.1. The summed E-state index contributed by atoms with van der Waals surface area (Å²) in [4.78, 5) is 15.3. The van der Waals surface area contributed by atoms with E-state index in [2.05, 4.69) is 30.1 Å². The van der Waals surface area contributed by atoms with Gasteiger partial charge in [-0.1, -0.05) is 37.6 Å². The van der Waals surface area contributed by atoms with Gasteiger partial charge in [-0.15, -0.1) is 0 Å². The minimum absolute atomic E-state index is 0.104. The van der Waals surface area contributed by atoms with Crippen molar-refractivity contribution in [3.63, 3.8) is 0 Å².